The van der Waals surface area contributed by atoms with Crippen molar-refractivity contribution in [1.29, 1.82) is 0 Å². The maximum Gasteiger partial charge on any atom is 0.338 e. The summed E-state index contributed by atoms with van der Waals surface area (Å²) in [6, 6.07) is 11.0. The van der Waals surface area contributed by atoms with E-state index in [1.807, 2.05) is 0 Å². The first-order chi connectivity index (χ1) is 14.1. The minimum absolute atomic E-state index is 0.0808. The standard InChI is InChI=1S/C22H23NO6/c1-28-22(27)17-9-3-2-8-16(17)21(26)23-12-5-4-7-15(23)14-29-20-11-6-10-19(25)18(20)13-24/h2-3,6,8-11,13,15,25H,4-5,7,12,14H2,1H3/t15-/m0/s1. The van der Waals surface area contributed by atoms with E-state index in [2.05, 4.69) is 0 Å². The number of carbonyl (C=O) groups excluding carboxylic acids is 3. The van der Waals surface area contributed by atoms with Gasteiger partial charge in [0.1, 0.15) is 18.1 Å². The maximum absolute atomic E-state index is 13.2. The van der Waals surface area contributed by atoms with Crippen LogP contribution in [0.1, 0.15) is 50.3 Å². The molecular formula is C22H23NO6. The molecular weight excluding hydrogens is 374 g/mol. The number of piperidine rings is 1. The number of rotatable bonds is 6. The Balaban J connectivity index is 1.80. The van der Waals surface area contributed by atoms with Gasteiger partial charge in [-0.1, -0.05) is 18.2 Å². The lowest BCUT2D eigenvalue weighted by molar-refractivity contribution is 0.0509. The second-order valence-corrected chi connectivity index (χ2v) is 6.80. The average molecular weight is 397 g/mol. The van der Waals surface area contributed by atoms with Gasteiger partial charge in [0.2, 0.25) is 0 Å². The first-order valence-electron chi connectivity index (χ1n) is 9.45. The molecule has 1 saturated heterocycles. The number of aldehydes is 1. The second kappa shape index (κ2) is 9.23. The van der Waals surface area contributed by atoms with E-state index in [0.717, 1.165) is 19.3 Å². The quantitative estimate of drug-likeness (QED) is 0.595. The number of phenolic OH excluding ortho intramolecular Hbond substituents is 1. The average Bonchev–Trinajstić information content (AvgIpc) is 2.77. The predicted octanol–water partition coefficient (Wildman–Crippen LogP) is 3.07. The Morgan fingerprint density at radius 3 is 2.62 bits per heavy atom. The zero-order valence-corrected chi connectivity index (χ0v) is 16.2. The molecule has 152 valence electrons. The molecule has 1 fully saturated rings. The summed E-state index contributed by atoms with van der Waals surface area (Å²) in [5, 5.41) is 9.80. The molecule has 1 aliphatic rings. The van der Waals surface area contributed by atoms with Crippen molar-refractivity contribution in [3.05, 3.63) is 59.2 Å². The van der Waals surface area contributed by atoms with Crippen LogP contribution in [0.5, 0.6) is 11.5 Å². The Hall–Kier alpha value is -3.35. The minimum atomic E-state index is -0.561. The van der Waals surface area contributed by atoms with Crippen molar-refractivity contribution in [2.24, 2.45) is 0 Å². The van der Waals surface area contributed by atoms with Gasteiger partial charge in [0.05, 0.1) is 29.8 Å². The molecule has 29 heavy (non-hydrogen) atoms. The highest BCUT2D eigenvalue weighted by atomic mass is 16.5. The number of hydrogen-bond acceptors (Lipinski definition) is 6. The normalized spacial score (nSPS) is 16.2. The molecule has 1 atom stereocenters. The SMILES string of the molecule is COC(=O)c1ccccc1C(=O)N1CCCC[C@H]1COc1cccc(O)c1C=O. The molecule has 0 saturated carbocycles. The van der Waals surface area contributed by atoms with E-state index in [9.17, 15) is 19.5 Å². The van der Waals surface area contributed by atoms with Gasteiger partial charge in [-0.2, -0.15) is 0 Å². The monoisotopic (exact) mass is 397 g/mol. The number of ether oxygens (including phenoxy) is 2. The van der Waals surface area contributed by atoms with Gasteiger partial charge in [-0.05, 0) is 43.5 Å². The summed E-state index contributed by atoms with van der Waals surface area (Å²) in [5.41, 5.74) is 0.593. The lowest BCUT2D eigenvalue weighted by atomic mass is 9.99. The molecule has 0 bridgehead atoms. The number of benzene rings is 2. The van der Waals surface area contributed by atoms with E-state index in [1.165, 1.54) is 13.2 Å². The van der Waals surface area contributed by atoms with Gasteiger partial charge in [0.15, 0.2) is 6.29 Å². The molecule has 1 aliphatic heterocycles. The molecule has 0 spiro atoms. The first kappa shape index (κ1) is 20.4. The van der Waals surface area contributed by atoms with Crippen molar-refractivity contribution in [2.45, 2.75) is 25.3 Å². The van der Waals surface area contributed by atoms with Crippen LogP contribution < -0.4 is 4.74 Å². The number of likely N-dealkylation sites (tertiary alicyclic amines) is 1. The second-order valence-electron chi connectivity index (χ2n) is 6.80. The smallest absolute Gasteiger partial charge is 0.338 e. The Labute approximate surface area is 168 Å². The van der Waals surface area contributed by atoms with Crippen LogP contribution in [0.25, 0.3) is 0 Å². The summed E-state index contributed by atoms with van der Waals surface area (Å²) in [5.74, 6) is -0.700. The fourth-order valence-corrected chi connectivity index (χ4v) is 3.52. The third-order valence-corrected chi connectivity index (χ3v) is 5.04. The largest absolute Gasteiger partial charge is 0.507 e. The first-order valence-corrected chi connectivity index (χ1v) is 9.45. The van der Waals surface area contributed by atoms with Gasteiger partial charge in [-0.15, -0.1) is 0 Å². The Kier molecular flexibility index (Phi) is 6.49. The van der Waals surface area contributed by atoms with E-state index >= 15 is 0 Å². The van der Waals surface area contributed by atoms with Gasteiger partial charge in [0, 0.05) is 6.54 Å². The Morgan fingerprint density at radius 1 is 1.14 bits per heavy atom. The van der Waals surface area contributed by atoms with Crippen molar-refractivity contribution in [2.75, 3.05) is 20.3 Å². The molecule has 1 amide bonds. The fourth-order valence-electron chi connectivity index (χ4n) is 3.52. The molecule has 7 heteroatoms. The van der Waals surface area contributed by atoms with Crippen LogP contribution in [0.4, 0.5) is 0 Å². The molecule has 1 N–H and O–H groups in total. The summed E-state index contributed by atoms with van der Waals surface area (Å²) >= 11 is 0. The van der Waals surface area contributed by atoms with Crippen LogP contribution in [-0.2, 0) is 4.74 Å². The van der Waals surface area contributed by atoms with Crippen LogP contribution in [0.15, 0.2) is 42.5 Å². The molecule has 0 unspecified atom stereocenters. The lowest BCUT2D eigenvalue weighted by Gasteiger charge is -2.36. The van der Waals surface area contributed by atoms with Gasteiger partial charge in [-0.25, -0.2) is 4.79 Å². The van der Waals surface area contributed by atoms with Crippen LogP contribution in [-0.4, -0.2) is 54.5 Å². The van der Waals surface area contributed by atoms with E-state index < -0.39 is 5.97 Å². The summed E-state index contributed by atoms with van der Waals surface area (Å²) in [6.45, 7) is 0.722. The van der Waals surface area contributed by atoms with Crippen molar-refractivity contribution < 1.29 is 29.0 Å². The summed E-state index contributed by atoms with van der Waals surface area (Å²) < 4.78 is 10.6. The molecule has 2 aromatic carbocycles. The van der Waals surface area contributed by atoms with Gasteiger partial charge in [0.25, 0.3) is 5.91 Å². The van der Waals surface area contributed by atoms with Crippen molar-refractivity contribution in [3.8, 4) is 11.5 Å². The molecule has 2 aromatic rings. The van der Waals surface area contributed by atoms with E-state index in [1.54, 1.807) is 41.3 Å². The van der Waals surface area contributed by atoms with Crippen LogP contribution in [0.2, 0.25) is 0 Å². The highest BCUT2D eigenvalue weighted by Gasteiger charge is 2.30. The van der Waals surface area contributed by atoms with Gasteiger partial charge >= 0.3 is 5.97 Å². The fraction of sp³-hybridized carbons (Fsp3) is 0.318. The molecule has 3 rings (SSSR count). The molecule has 0 aliphatic carbocycles. The van der Waals surface area contributed by atoms with Crippen LogP contribution in [0.3, 0.4) is 0 Å². The summed E-state index contributed by atoms with van der Waals surface area (Å²) in [6.07, 6.45) is 3.08. The summed E-state index contributed by atoms with van der Waals surface area (Å²) in [7, 11) is 1.28. The number of methoxy groups -OCH3 is 1. The van der Waals surface area contributed by atoms with Crippen molar-refractivity contribution in [1.82, 2.24) is 4.90 Å². The molecule has 7 nitrogen and oxygen atoms in total. The third kappa shape index (κ3) is 4.39. The topological polar surface area (TPSA) is 93.1 Å². The van der Waals surface area contributed by atoms with E-state index in [4.69, 9.17) is 9.47 Å². The zero-order valence-electron chi connectivity index (χ0n) is 16.2. The predicted molar refractivity (Wildman–Crippen MR) is 105 cm³/mol. The van der Waals surface area contributed by atoms with Gasteiger partial charge in [-0.3, -0.25) is 9.59 Å². The minimum Gasteiger partial charge on any atom is -0.507 e. The van der Waals surface area contributed by atoms with Crippen LogP contribution >= 0.6 is 0 Å². The van der Waals surface area contributed by atoms with E-state index in [0.29, 0.717) is 12.8 Å². The highest BCUT2D eigenvalue weighted by Crippen LogP contribution is 2.27. The Morgan fingerprint density at radius 2 is 1.90 bits per heavy atom. The van der Waals surface area contributed by atoms with Crippen molar-refractivity contribution >= 4 is 18.2 Å². The number of carbonyl (C=O) groups is 3. The van der Waals surface area contributed by atoms with E-state index in [-0.39, 0.29) is 46.7 Å². The summed E-state index contributed by atoms with van der Waals surface area (Å²) in [4.78, 5) is 38.2. The number of esters is 1. The molecule has 0 aromatic heterocycles. The van der Waals surface area contributed by atoms with Crippen molar-refractivity contribution in [3.63, 3.8) is 0 Å². The maximum atomic E-state index is 13.2. The number of phenols is 1. The van der Waals surface area contributed by atoms with Gasteiger partial charge < -0.3 is 19.5 Å². The zero-order chi connectivity index (χ0) is 20.8. The third-order valence-electron chi connectivity index (χ3n) is 5.04. The number of nitrogens with zero attached hydrogens (tertiary/aromatic N) is 1. The lowest BCUT2D eigenvalue weighted by Crippen LogP contribution is -2.47. The Bertz CT molecular complexity index is 910. The number of aromatic hydroxyl groups is 1. The molecule has 1 heterocycles. The highest BCUT2D eigenvalue weighted by molar-refractivity contribution is 6.05. The van der Waals surface area contributed by atoms with Crippen LogP contribution in [0, 0.1) is 0 Å². The number of hydrogen-bond donors (Lipinski definition) is 1. The number of amides is 1. The molecule has 0 radical (unpaired) electrons.